The Morgan fingerprint density at radius 3 is 2.81 bits per heavy atom. The van der Waals surface area contributed by atoms with Gasteiger partial charge in [0.15, 0.2) is 5.82 Å². The Hall–Kier alpha value is -2.55. The van der Waals surface area contributed by atoms with E-state index in [2.05, 4.69) is 34.4 Å². The van der Waals surface area contributed by atoms with Crippen molar-refractivity contribution in [2.75, 3.05) is 31.1 Å². The van der Waals surface area contributed by atoms with E-state index >= 15 is 0 Å². The minimum Gasteiger partial charge on any atom is -0.391 e. The third-order valence-corrected chi connectivity index (χ3v) is 7.03. The minimum atomic E-state index is -0.373. The molecule has 31 heavy (non-hydrogen) atoms. The molecule has 4 atom stereocenters. The quantitative estimate of drug-likeness (QED) is 0.669. The van der Waals surface area contributed by atoms with Gasteiger partial charge in [0.1, 0.15) is 11.6 Å². The summed E-state index contributed by atoms with van der Waals surface area (Å²) < 4.78 is 7.67. The molecule has 0 aliphatic carbocycles. The van der Waals surface area contributed by atoms with Crippen LogP contribution in [0.3, 0.4) is 0 Å². The van der Waals surface area contributed by atoms with Crippen LogP contribution in [0.1, 0.15) is 35.7 Å². The molecule has 0 amide bonds. The van der Waals surface area contributed by atoms with Crippen molar-refractivity contribution in [2.45, 2.75) is 50.9 Å². The Kier molecular flexibility index (Phi) is 4.48. The van der Waals surface area contributed by atoms with E-state index in [0.717, 1.165) is 60.9 Å². The smallest absolute Gasteiger partial charge is 0.159 e. The van der Waals surface area contributed by atoms with Gasteiger partial charge in [-0.15, -0.1) is 0 Å². The van der Waals surface area contributed by atoms with Crippen LogP contribution in [0.25, 0.3) is 16.7 Å². The van der Waals surface area contributed by atoms with Crippen molar-refractivity contribution >= 4 is 16.7 Å². The Morgan fingerprint density at radius 1 is 1.16 bits per heavy atom. The Bertz CT molecular complexity index is 1140. The summed E-state index contributed by atoms with van der Waals surface area (Å²) in [5.74, 6) is 2.60. The number of hydrogen-bond donors (Lipinski definition) is 2. The van der Waals surface area contributed by atoms with Crippen LogP contribution in [0.5, 0.6) is 0 Å². The summed E-state index contributed by atoms with van der Waals surface area (Å²) in [6.07, 6.45) is 3.84. The van der Waals surface area contributed by atoms with Crippen LogP contribution in [0.15, 0.2) is 24.4 Å². The van der Waals surface area contributed by atoms with Gasteiger partial charge in [-0.1, -0.05) is 0 Å². The number of piperidine rings is 1. The van der Waals surface area contributed by atoms with Gasteiger partial charge in [0.05, 0.1) is 36.6 Å². The molecule has 8 nitrogen and oxygen atoms in total. The second kappa shape index (κ2) is 7.25. The van der Waals surface area contributed by atoms with Crippen molar-refractivity contribution < 1.29 is 9.84 Å². The lowest BCUT2D eigenvalue weighted by Gasteiger charge is -2.30. The summed E-state index contributed by atoms with van der Waals surface area (Å²) in [5, 5.41) is 19.6. The Labute approximate surface area is 181 Å². The molecule has 6 rings (SSSR count). The van der Waals surface area contributed by atoms with E-state index in [4.69, 9.17) is 14.7 Å². The van der Waals surface area contributed by atoms with Crippen LogP contribution in [0.4, 0.5) is 5.82 Å². The van der Waals surface area contributed by atoms with Crippen LogP contribution in [0, 0.1) is 13.8 Å². The fourth-order valence-corrected chi connectivity index (χ4v) is 5.46. The fraction of sp³-hybridized carbons (Fsp3) is 0.522. The van der Waals surface area contributed by atoms with Gasteiger partial charge in [-0.05, 0) is 56.5 Å². The number of aliphatic hydroxyl groups excluding tert-OH is 1. The number of rotatable bonds is 3. The maximum absolute atomic E-state index is 10.6. The molecule has 3 fully saturated rings. The van der Waals surface area contributed by atoms with Gasteiger partial charge in [0.25, 0.3) is 0 Å². The lowest BCUT2D eigenvalue weighted by Crippen LogP contribution is -2.39. The number of β-amino-alcohol motifs (C(OH)–C–C–N with tert-alkyl or cyclic N) is 1. The van der Waals surface area contributed by atoms with E-state index < -0.39 is 0 Å². The molecule has 0 radical (unpaired) electrons. The standard InChI is InChI=1S/C23H28N6O2/c1-13-5-15-9-25-29(20(15)7-19(13)18-3-4-24-10-21(18)30)23-8-22(26-14(2)27-23)28-11-17-6-16(28)12-31-17/h5,7-9,16-18,21,24,30H,3-4,6,10-12H2,1-2H3/t16-,17-,18?,21?/m0/s1. The zero-order valence-corrected chi connectivity index (χ0v) is 18.0. The number of ether oxygens (including phenoxy) is 1. The van der Waals surface area contributed by atoms with E-state index in [1.54, 1.807) is 0 Å². The molecular formula is C23H28N6O2. The summed E-state index contributed by atoms with van der Waals surface area (Å²) in [7, 11) is 0. The molecule has 2 N–H and O–H groups in total. The summed E-state index contributed by atoms with van der Waals surface area (Å²) >= 11 is 0. The van der Waals surface area contributed by atoms with Crippen molar-refractivity contribution in [3.05, 3.63) is 41.3 Å². The van der Waals surface area contributed by atoms with E-state index in [1.807, 2.05) is 23.9 Å². The van der Waals surface area contributed by atoms with E-state index in [9.17, 15) is 5.11 Å². The molecule has 162 valence electrons. The molecule has 3 aliphatic rings. The van der Waals surface area contributed by atoms with Gasteiger partial charge in [0.2, 0.25) is 0 Å². The molecule has 2 bridgehead atoms. The number of aromatic nitrogens is 4. The van der Waals surface area contributed by atoms with Crippen LogP contribution < -0.4 is 10.2 Å². The maximum atomic E-state index is 10.6. The molecule has 8 heteroatoms. The third-order valence-electron chi connectivity index (χ3n) is 7.03. The van der Waals surface area contributed by atoms with Crippen LogP contribution in [-0.4, -0.2) is 69.3 Å². The molecular weight excluding hydrogens is 392 g/mol. The second-order valence-electron chi connectivity index (χ2n) is 9.12. The first-order chi connectivity index (χ1) is 15.1. The maximum Gasteiger partial charge on any atom is 0.159 e. The SMILES string of the molecule is Cc1nc(N2C[C@@H]3C[C@H]2CO3)cc(-n2ncc3cc(C)c(C4CCNCC4O)cc32)n1. The van der Waals surface area contributed by atoms with Crippen molar-refractivity contribution in [3.63, 3.8) is 0 Å². The van der Waals surface area contributed by atoms with Crippen molar-refractivity contribution in [1.29, 1.82) is 0 Å². The largest absolute Gasteiger partial charge is 0.391 e. The van der Waals surface area contributed by atoms with Gasteiger partial charge in [-0.3, -0.25) is 0 Å². The highest BCUT2D eigenvalue weighted by atomic mass is 16.5. The number of benzene rings is 1. The van der Waals surface area contributed by atoms with E-state index in [1.165, 1.54) is 11.1 Å². The number of anilines is 1. The van der Waals surface area contributed by atoms with Crippen LogP contribution in [-0.2, 0) is 4.74 Å². The summed E-state index contributed by atoms with van der Waals surface area (Å²) in [4.78, 5) is 11.8. The van der Waals surface area contributed by atoms with Crippen molar-refractivity contribution in [3.8, 4) is 5.82 Å². The van der Waals surface area contributed by atoms with Gasteiger partial charge < -0.3 is 20.1 Å². The van der Waals surface area contributed by atoms with Crippen LogP contribution >= 0.6 is 0 Å². The Morgan fingerprint density at radius 2 is 2.03 bits per heavy atom. The highest BCUT2D eigenvalue weighted by molar-refractivity contribution is 5.82. The minimum absolute atomic E-state index is 0.136. The first-order valence-corrected chi connectivity index (χ1v) is 11.2. The first-order valence-electron chi connectivity index (χ1n) is 11.2. The summed E-state index contributed by atoms with van der Waals surface area (Å²) in [6.45, 7) is 7.28. The van der Waals surface area contributed by atoms with Gasteiger partial charge >= 0.3 is 0 Å². The number of nitrogens with zero attached hydrogens (tertiary/aromatic N) is 5. The highest BCUT2D eigenvalue weighted by Crippen LogP contribution is 2.34. The average molecular weight is 421 g/mol. The number of hydrogen-bond acceptors (Lipinski definition) is 7. The topological polar surface area (TPSA) is 88.3 Å². The normalized spacial score (nSPS) is 28.0. The third kappa shape index (κ3) is 3.21. The lowest BCUT2D eigenvalue weighted by molar-refractivity contribution is 0.0988. The van der Waals surface area contributed by atoms with Gasteiger partial charge in [0, 0.05) is 30.5 Å². The van der Waals surface area contributed by atoms with Gasteiger partial charge in [-0.2, -0.15) is 5.10 Å². The Balaban J connectivity index is 1.42. The van der Waals surface area contributed by atoms with E-state index in [-0.39, 0.29) is 12.0 Å². The molecule has 5 heterocycles. The summed E-state index contributed by atoms with van der Waals surface area (Å²) in [6, 6.07) is 6.81. The highest BCUT2D eigenvalue weighted by Gasteiger charge is 2.39. The predicted octanol–water partition coefficient (Wildman–Crippen LogP) is 1.85. The average Bonchev–Trinajstić information content (AvgIpc) is 3.49. The molecule has 3 aliphatic heterocycles. The number of aliphatic hydroxyl groups is 1. The fourth-order valence-electron chi connectivity index (χ4n) is 5.46. The number of fused-ring (bicyclic) bond motifs is 3. The van der Waals surface area contributed by atoms with Gasteiger partial charge in [-0.25, -0.2) is 14.6 Å². The predicted molar refractivity (Wildman–Crippen MR) is 118 cm³/mol. The molecule has 1 aromatic carbocycles. The number of nitrogens with one attached hydrogen (secondary N) is 1. The second-order valence-corrected chi connectivity index (χ2v) is 9.12. The monoisotopic (exact) mass is 420 g/mol. The zero-order valence-electron chi connectivity index (χ0n) is 18.0. The molecule has 0 saturated carbocycles. The molecule has 2 unspecified atom stereocenters. The number of aryl methyl sites for hydroxylation is 2. The number of morpholine rings is 1. The van der Waals surface area contributed by atoms with Crippen molar-refractivity contribution in [1.82, 2.24) is 25.1 Å². The molecule has 2 aromatic heterocycles. The lowest BCUT2D eigenvalue weighted by atomic mass is 9.85. The molecule has 3 saturated heterocycles. The van der Waals surface area contributed by atoms with Crippen molar-refractivity contribution in [2.24, 2.45) is 0 Å². The summed E-state index contributed by atoms with van der Waals surface area (Å²) in [5.41, 5.74) is 3.41. The zero-order chi connectivity index (χ0) is 21.1. The molecule has 3 aromatic rings. The molecule has 0 spiro atoms. The first kappa shape index (κ1) is 19.2. The van der Waals surface area contributed by atoms with Crippen LogP contribution in [0.2, 0.25) is 0 Å². The van der Waals surface area contributed by atoms with E-state index in [0.29, 0.717) is 18.7 Å².